The Hall–Kier alpha value is -2.44. The summed E-state index contributed by atoms with van der Waals surface area (Å²) in [5, 5.41) is 11.7. The van der Waals surface area contributed by atoms with Crippen LogP contribution in [0.25, 0.3) is 11.4 Å². The number of ether oxygens (including phenoxy) is 1. The number of unbranched alkanes of at least 4 members (excludes halogenated alkanes) is 1. The zero-order chi connectivity index (χ0) is 14.4. The Morgan fingerprint density at radius 2 is 2.10 bits per heavy atom. The average molecular weight is 275 g/mol. The van der Waals surface area contributed by atoms with Crippen molar-refractivity contribution in [2.45, 2.75) is 26.3 Å². The highest BCUT2D eigenvalue weighted by Crippen LogP contribution is 2.18. The van der Waals surface area contributed by atoms with Crippen molar-refractivity contribution < 1.29 is 9.53 Å². The molecule has 7 nitrogen and oxygen atoms in total. The summed E-state index contributed by atoms with van der Waals surface area (Å²) < 4.78 is 5.57. The molecule has 2 N–H and O–H groups in total. The molecule has 0 saturated heterocycles. The van der Waals surface area contributed by atoms with Crippen LogP contribution in [0.15, 0.2) is 24.3 Å². The molecule has 2 aromatic rings. The first-order valence-electron chi connectivity index (χ1n) is 6.48. The summed E-state index contributed by atoms with van der Waals surface area (Å²) in [6.07, 6.45) is 2.13. The Morgan fingerprint density at radius 3 is 2.75 bits per heavy atom. The molecule has 1 amide bonds. The number of hydrogen-bond donors (Lipinski definition) is 1. The van der Waals surface area contributed by atoms with Gasteiger partial charge in [-0.25, -0.2) is 0 Å². The van der Waals surface area contributed by atoms with Crippen LogP contribution in [0.2, 0.25) is 0 Å². The molecule has 0 saturated carbocycles. The smallest absolute Gasteiger partial charge is 0.241 e. The molecular formula is C13H17N5O2. The lowest BCUT2D eigenvalue weighted by molar-refractivity contribution is -0.118. The fourth-order valence-electron chi connectivity index (χ4n) is 1.60. The Labute approximate surface area is 116 Å². The number of carbonyl (C=O) groups excluding carboxylic acids is 1. The minimum absolute atomic E-state index is 0.0782. The standard InChI is InChI=1S/C13H17N5O2/c1-2-3-8-20-11-6-4-10(5-7-11)13-15-17-18(16-13)9-12(14)19/h4-7H,2-3,8-9H2,1H3,(H2,14,19). The molecule has 0 radical (unpaired) electrons. The predicted molar refractivity (Wildman–Crippen MR) is 72.9 cm³/mol. The van der Waals surface area contributed by atoms with E-state index in [9.17, 15) is 4.79 Å². The summed E-state index contributed by atoms with van der Waals surface area (Å²) in [4.78, 5) is 11.9. The van der Waals surface area contributed by atoms with Gasteiger partial charge in [0.2, 0.25) is 11.7 Å². The number of carbonyl (C=O) groups is 1. The summed E-state index contributed by atoms with van der Waals surface area (Å²) in [6, 6.07) is 7.43. The number of amides is 1. The number of primary amides is 1. The van der Waals surface area contributed by atoms with Crippen LogP contribution in [0, 0.1) is 0 Å². The Kier molecular flexibility index (Phi) is 4.65. The maximum Gasteiger partial charge on any atom is 0.241 e. The highest BCUT2D eigenvalue weighted by molar-refractivity contribution is 5.73. The minimum atomic E-state index is -0.506. The van der Waals surface area contributed by atoms with E-state index in [1.54, 1.807) is 0 Å². The van der Waals surface area contributed by atoms with Gasteiger partial charge < -0.3 is 10.5 Å². The molecule has 1 heterocycles. The second-order valence-corrected chi connectivity index (χ2v) is 4.34. The van der Waals surface area contributed by atoms with Gasteiger partial charge in [-0.2, -0.15) is 4.80 Å². The molecule has 0 bridgehead atoms. The first kappa shape index (κ1) is 14.0. The lowest BCUT2D eigenvalue weighted by atomic mass is 10.2. The third kappa shape index (κ3) is 3.78. The first-order valence-corrected chi connectivity index (χ1v) is 6.48. The molecule has 0 spiro atoms. The molecule has 0 aliphatic heterocycles. The summed E-state index contributed by atoms with van der Waals surface area (Å²) in [7, 11) is 0. The van der Waals surface area contributed by atoms with Crippen LogP contribution in [-0.4, -0.2) is 32.7 Å². The molecule has 0 fully saturated rings. The van der Waals surface area contributed by atoms with Gasteiger partial charge >= 0.3 is 0 Å². The molecule has 106 valence electrons. The molecule has 0 atom stereocenters. The molecule has 0 unspecified atom stereocenters. The van der Waals surface area contributed by atoms with Crippen LogP contribution in [0.4, 0.5) is 0 Å². The number of benzene rings is 1. The molecule has 20 heavy (non-hydrogen) atoms. The van der Waals surface area contributed by atoms with E-state index >= 15 is 0 Å². The van der Waals surface area contributed by atoms with E-state index in [0.29, 0.717) is 12.4 Å². The van der Waals surface area contributed by atoms with E-state index < -0.39 is 5.91 Å². The molecule has 0 aliphatic rings. The maximum atomic E-state index is 10.8. The zero-order valence-corrected chi connectivity index (χ0v) is 11.3. The van der Waals surface area contributed by atoms with Crippen molar-refractivity contribution in [3.8, 4) is 17.1 Å². The van der Waals surface area contributed by atoms with E-state index in [1.807, 2.05) is 24.3 Å². The van der Waals surface area contributed by atoms with E-state index in [1.165, 1.54) is 4.80 Å². The van der Waals surface area contributed by atoms with Gasteiger partial charge in [-0.15, -0.1) is 10.2 Å². The van der Waals surface area contributed by atoms with Crippen molar-refractivity contribution in [1.29, 1.82) is 0 Å². The van der Waals surface area contributed by atoms with Gasteiger partial charge in [0, 0.05) is 5.56 Å². The normalized spacial score (nSPS) is 10.4. The fourth-order valence-corrected chi connectivity index (χ4v) is 1.60. The fraction of sp³-hybridized carbons (Fsp3) is 0.385. The highest BCUT2D eigenvalue weighted by atomic mass is 16.5. The van der Waals surface area contributed by atoms with Crippen LogP contribution >= 0.6 is 0 Å². The third-order valence-electron chi connectivity index (χ3n) is 2.63. The van der Waals surface area contributed by atoms with E-state index in [-0.39, 0.29) is 6.54 Å². The van der Waals surface area contributed by atoms with Gasteiger partial charge in [-0.3, -0.25) is 4.79 Å². The number of hydrogen-bond acceptors (Lipinski definition) is 5. The van der Waals surface area contributed by atoms with Crippen molar-refractivity contribution in [2.75, 3.05) is 6.61 Å². The first-order chi connectivity index (χ1) is 9.69. The third-order valence-corrected chi connectivity index (χ3v) is 2.63. The monoisotopic (exact) mass is 275 g/mol. The summed E-state index contributed by atoms with van der Waals surface area (Å²) in [6.45, 7) is 2.75. The van der Waals surface area contributed by atoms with Crippen molar-refractivity contribution in [3.63, 3.8) is 0 Å². The van der Waals surface area contributed by atoms with Crippen LogP contribution in [0.5, 0.6) is 5.75 Å². The molecule has 1 aromatic heterocycles. The minimum Gasteiger partial charge on any atom is -0.494 e. The number of aromatic nitrogens is 4. The summed E-state index contributed by atoms with van der Waals surface area (Å²) in [5.74, 6) is 0.756. The lowest BCUT2D eigenvalue weighted by Gasteiger charge is -2.05. The molecule has 2 rings (SSSR count). The molecular weight excluding hydrogens is 258 g/mol. The number of rotatable bonds is 7. The molecule has 7 heteroatoms. The van der Waals surface area contributed by atoms with Crippen LogP contribution < -0.4 is 10.5 Å². The topological polar surface area (TPSA) is 95.9 Å². The van der Waals surface area contributed by atoms with Crippen LogP contribution in [0.1, 0.15) is 19.8 Å². The quantitative estimate of drug-likeness (QED) is 0.760. The number of tetrazole rings is 1. The van der Waals surface area contributed by atoms with E-state index in [4.69, 9.17) is 10.5 Å². The lowest BCUT2D eigenvalue weighted by Crippen LogP contribution is -2.20. The van der Waals surface area contributed by atoms with Gasteiger partial charge in [-0.1, -0.05) is 13.3 Å². The zero-order valence-electron chi connectivity index (χ0n) is 11.3. The highest BCUT2D eigenvalue weighted by Gasteiger charge is 2.07. The van der Waals surface area contributed by atoms with Gasteiger partial charge in [0.05, 0.1) is 6.61 Å². The van der Waals surface area contributed by atoms with Crippen molar-refractivity contribution >= 4 is 5.91 Å². The molecule has 1 aromatic carbocycles. The maximum absolute atomic E-state index is 10.8. The Morgan fingerprint density at radius 1 is 1.35 bits per heavy atom. The van der Waals surface area contributed by atoms with Crippen molar-refractivity contribution in [1.82, 2.24) is 20.2 Å². The number of nitrogens with zero attached hydrogens (tertiary/aromatic N) is 4. The Balaban J connectivity index is 2.02. The van der Waals surface area contributed by atoms with Crippen molar-refractivity contribution in [2.24, 2.45) is 5.73 Å². The Bertz CT molecular complexity index is 564. The van der Waals surface area contributed by atoms with E-state index in [0.717, 1.165) is 24.2 Å². The van der Waals surface area contributed by atoms with Gasteiger partial charge in [0.15, 0.2) is 0 Å². The van der Waals surface area contributed by atoms with Gasteiger partial charge in [0.1, 0.15) is 12.3 Å². The predicted octanol–water partition coefficient (Wildman–Crippen LogP) is 1.00. The second kappa shape index (κ2) is 6.65. The number of nitrogens with two attached hydrogens (primary N) is 1. The summed E-state index contributed by atoms with van der Waals surface area (Å²) in [5.41, 5.74) is 5.87. The summed E-state index contributed by atoms with van der Waals surface area (Å²) >= 11 is 0. The van der Waals surface area contributed by atoms with Crippen LogP contribution in [0.3, 0.4) is 0 Å². The molecule has 0 aliphatic carbocycles. The van der Waals surface area contributed by atoms with Gasteiger partial charge in [0.25, 0.3) is 0 Å². The average Bonchev–Trinajstić information content (AvgIpc) is 2.87. The van der Waals surface area contributed by atoms with E-state index in [2.05, 4.69) is 22.3 Å². The van der Waals surface area contributed by atoms with Crippen molar-refractivity contribution in [3.05, 3.63) is 24.3 Å². The largest absolute Gasteiger partial charge is 0.494 e. The van der Waals surface area contributed by atoms with Crippen LogP contribution in [-0.2, 0) is 11.3 Å². The van der Waals surface area contributed by atoms with Gasteiger partial charge in [-0.05, 0) is 35.9 Å². The second-order valence-electron chi connectivity index (χ2n) is 4.34. The SMILES string of the molecule is CCCCOc1ccc(-c2nnn(CC(N)=O)n2)cc1.